The van der Waals surface area contributed by atoms with Gasteiger partial charge in [-0.05, 0) is 25.1 Å². The second-order valence-electron chi connectivity index (χ2n) is 4.76. The van der Waals surface area contributed by atoms with Crippen LogP contribution in [0.3, 0.4) is 0 Å². The molecule has 0 aliphatic heterocycles. The Hall–Kier alpha value is -2.44. The molecular weight excluding hydrogens is 355 g/mol. The number of hydrogen-bond acceptors (Lipinski definition) is 5. The molecule has 1 aromatic carbocycles. The van der Waals surface area contributed by atoms with Crippen LogP contribution in [0.2, 0.25) is 10.0 Å². The summed E-state index contributed by atoms with van der Waals surface area (Å²) in [6.07, 6.45) is 0.916. The summed E-state index contributed by atoms with van der Waals surface area (Å²) in [4.78, 5) is 38.5. The zero-order valence-corrected chi connectivity index (χ0v) is 14.0. The molecule has 0 radical (unpaired) electrons. The number of carbonyl (C=O) groups is 3. The fraction of sp³-hybridized carbons (Fsp3) is 0.125. The Balaban J connectivity index is 1.99. The van der Waals surface area contributed by atoms with Gasteiger partial charge < -0.3 is 10.1 Å². The number of esters is 1. The Morgan fingerprint density at radius 2 is 1.92 bits per heavy atom. The highest BCUT2D eigenvalue weighted by Gasteiger charge is 2.20. The number of nitrogens with one attached hydrogen (secondary N) is 1. The van der Waals surface area contributed by atoms with Crippen molar-refractivity contribution in [1.29, 1.82) is 0 Å². The molecule has 0 saturated heterocycles. The van der Waals surface area contributed by atoms with Crippen molar-refractivity contribution in [2.75, 3.05) is 5.32 Å². The number of rotatable bonds is 5. The number of amides is 1. The summed E-state index contributed by atoms with van der Waals surface area (Å²) in [7, 11) is 0. The van der Waals surface area contributed by atoms with Crippen LogP contribution in [0.4, 0.5) is 5.82 Å². The summed E-state index contributed by atoms with van der Waals surface area (Å²) < 4.78 is 5.07. The van der Waals surface area contributed by atoms with E-state index < -0.39 is 18.0 Å². The summed E-state index contributed by atoms with van der Waals surface area (Å²) in [6, 6.07) is 7.26. The Bertz CT molecular complexity index is 778. The fourth-order valence-electron chi connectivity index (χ4n) is 1.70. The van der Waals surface area contributed by atoms with Gasteiger partial charge in [0, 0.05) is 11.8 Å². The van der Waals surface area contributed by atoms with Crippen molar-refractivity contribution in [3.8, 4) is 0 Å². The number of ether oxygens (including phenoxy) is 1. The Morgan fingerprint density at radius 1 is 1.25 bits per heavy atom. The molecule has 1 N–H and O–H groups in total. The highest BCUT2D eigenvalue weighted by Crippen LogP contribution is 2.22. The number of anilines is 1. The summed E-state index contributed by atoms with van der Waals surface area (Å²) in [5.74, 6) is -1.17. The maximum atomic E-state index is 12.1. The molecule has 2 aromatic rings. The molecule has 8 heteroatoms. The first-order valence-corrected chi connectivity index (χ1v) is 7.54. The van der Waals surface area contributed by atoms with Crippen LogP contribution in [0.25, 0.3) is 0 Å². The van der Waals surface area contributed by atoms with Gasteiger partial charge in [-0.15, -0.1) is 0 Å². The molecule has 0 aliphatic rings. The number of pyridine rings is 1. The molecule has 0 fully saturated rings. The average molecular weight is 367 g/mol. The Morgan fingerprint density at radius 3 is 2.50 bits per heavy atom. The smallest absolute Gasteiger partial charge is 0.338 e. The predicted octanol–water partition coefficient (Wildman–Crippen LogP) is 3.38. The van der Waals surface area contributed by atoms with E-state index >= 15 is 0 Å². The van der Waals surface area contributed by atoms with Crippen LogP contribution in [-0.4, -0.2) is 29.3 Å². The van der Waals surface area contributed by atoms with Crippen molar-refractivity contribution in [1.82, 2.24) is 4.98 Å². The first kappa shape index (κ1) is 17.9. The first-order valence-electron chi connectivity index (χ1n) is 6.79. The zero-order chi connectivity index (χ0) is 17.7. The SMILES string of the molecule is CC(OC(=O)c1ccc(C=O)cc1)C(=O)Nc1ncc(Cl)cc1Cl. The number of nitrogens with zero attached hydrogens (tertiary/aromatic N) is 1. The van der Waals surface area contributed by atoms with Crippen LogP contribution < -0.4 is 5.32 Å². The normalized spacial score (nSPS) is 11.5. The topological polar surface area (TPSA) is 85.4 Å². The van der Waals surface area contributed by atoms with Gasteiger partial charge >= 0.3 is 5.97 Å². The molecule has 124 valence electrons. The molecule has 0 bridgehead atoms. The standard InChI is InChI=1S/C16H12Cl2N2O4/c1-9(15(22)20-14-13(18)6-12(17)7-19-14)24-16(23)11-4-2-10(8-21)3-5-11/h2-9H,1H3,(H,19,20,22). The minimum absolute atomic E-state index is 0.115. The number of benzene rings is 1. The molecule has 24 heavy (non-hydrogen) atoms. The Labute approximate surface area is 147 Å². The number of hydrogen-bond donors (Lipinski definition) is 1. The van der Waals surface area contributed by atoms with Crippen molar-refractivity contribution in [3.05, 3.63) is 57.7 Å². The Kier molecular flexibility index (Phi) is 5.89. The molecule has 6 nitrogen and oxygen atoms in total. The third-order valence-corrected chi connectivity index (χ3v) is 3.48. The van der Waals surface area contributed by atoms with E-state index in [1.165, 1.54) is 43.5 Å². The van der Waals surface area contributed by atoms with Crippen LogP contribution in [0.15, 0.2) is 36.5 Å². The summed E-state index contributed by atoms with van der Waals surface area (Å²) in [5.41, 5.74) is 0.656. The molecule has 0 saturated carbocycles. The largest absolute Gasteiger partial charge is 0.449 e. The first-order chi connectivity index (χ1) is 11.4. The van der Waals surface area contributed by atoms with E-state index in [0.29, 0.717) is 16.9 Å². The lowest BCUT2D eigenvalue weighted by Gasteiger charge is -2.13. The van der Waals surface area contributed by atoms with Gasteiger partial charge in [0.1, 0.15) is 6.29 Å². The van der Waals surface area contributed by atoms with Gasteiger partial charge in [-0.2, -0.15) is 0 Å². The molecule has 2 rings (SSSR count). The third kappa shape index (κ3) is 4.53. The molecule has 1 atom stereocenters. The molecule has 1 unspecified atom stereocenters. The summed E-state index contributed by atoms with van der Waals surface area (Å²) in [6.45, 7) is 1.41. The van der Waals surface area contributed by atoms with Crippen molar-refractivity contribution >= 4 is 47.2 Å². The van der Waals surface area contributed by atoms with Crippen molar-refractivity contribution in [2.45, 2.75) is 13.0 Å². The second kappa shape index (κ2) is 7.90. The van der Waals surface area contributed by atoms with E-state index in [0.717, 1.165) is 0 Å². The monoisotopic (exact) mass is 366 g/mol. The van der Waals surface area contributed by atoms with Gasteiger partial charge in [-0.3, -0.25) is 9.59 Å². The third-order valence-electron chi connectivity index (χ3n) is 2.98. The van der Waals surface area contributed by atoms with Crippen molar-refractivity contribution < 1.29 is 19.1 Å². The zero-order valence-electron chi connectivity index (χ0n) is 12.5. The van der Waals surface area contributed by atoms with Gasteiger partial charge in [-0.1, -0.05) is 35.3 Å². The average Bonchev–Trinajstić information content (AvgIpc) is 2.57. The van der Waals surface area contributed by atoms with E-state index in [1.807, 2.05) is 0 Å². The van der Waals surface area contributed by atoms with E-state index in [9.17, 15) is 14.4 Å². The summed E-state index contributed by atoms with van der Waals surface area (Å²) in [5, 5.41) is 2.94. The lowest BCUT2D eigenvalue weighted by atomic mass is 10.1. The quantitative estimate of drug-likeness (QED) is 0.647. The number of carbonyl (C=O) groups excluding carboxylic acids is 3. The molecule has 1 heterocycles. The molecule has 1 aromatic heterocycles. The number of halogens is 2. The van der Waals surface area contributed by atoms with Gasteiger partial charge in [0.15, 0.2) is 11.9 Å². The lowest BCUT2D eigenvalue weighted by molar-refractivity contribution is -0.123. The van der Waals surface area contributed by atoms with Gasteiger partial charge in [-0.25, -0.2) is 9.78 Å². The number of aromatic nitrogens is 1. The molecular formula is C16H12Cl2N2O4. The van der Waals surface area contributed by atoms with E-state index in [2.05, 4.69) is 10.3 Å². The van der Waals surface area contributed by atoms with E-state index in [1.54, 1.807) is 0 Å². The van der Waals surface area contributed by atoms with E-state index in [-0.39, 0.29) is 16.4 Å². The van der Waals surface area contributed by atoms with Crippen molar-refractivity contribution in [2.24, 2.45) is 0 Å². The number of aldehydes is 1. The van der Waals surface area contributed by atoms with Crippen LogP contribution in [0.5, 0.6) is 0 Å². The van der Waals surface area contributed by atoms with Crippen molar-refractivity contribution in [3.63, 3.8) is 0 Å². The highest BCUT2D eigenvalue weighted by atomic mass is 35.5. The predicted molar refractivity (Wildman–Crippen MR) is 89.6 cm³/mol. The van der Waals surface area contributed by atoms with Crippen LogP contribution >= 0.6 is 23.2 Å². The van der Waals surface area contributed by atoms with Gasteiger partial charge in [0.2, 0.25) is 0 Å². The van der Waals surface area contributed by atoms with Gasteiger partial charge in [0.05, 0.1) is 15.6 Å². The van der Waals surface area contributed by atoms with Crippen LogP contribution in [0, 0.1) is 0 Å². The van der Waals surface area contributed by atoms with Crippen LogP contribution in [-0.2, 0) is 9.53 Å². The minimum Gasteiger partial charge on any atom is -0.449 e. The second-order valence-corrected chi connectivity index (χ2v) is 5.60. The lowest BCUT2D eigenvalue weighted by Crippen LogP contribution is -2.30. The summed E-state index contributed by atoms with van der Waals surface area (Å²) >= 11 is 11.6. The molecule has 0 aliphatic carbocycles. The maximum absolute atomic E-state index is 12.1. The fourth-order valence-corrected chi connectivity index (χ4v) is 2.13. The van der Waals surface area contributed by atoms with E-state index in [4.69, 9.17) is 27.9 Å². The van der Waals surface area contributed by atoms with Gasteiger partial charge in [0.25, 0.3) is 5.91 Å². The highest BCUT2D eigenvalue weighted by molar-refractivity contribution is 6.36. The minimum atomic E-state index is -1.07. The molecule has 0 spiro atoms. The van der Waals surface area contributed by atoms with Crippen LogP contribution in [0.1, 0.15) is 27.6 Å². The maximum Gasteiger partial charge on any atom is 0.338 e. The molecule has 1 amide bonds.